The molecule has 0 saturated heterocycles. The fourth-order valence-electron chi connectivity index (χ4n) is 0.319. The van der Waals surface area contributed by atoms with Crippen molar-refractivity contribution in [2.24, 2.45) is 5.73 Å². The van der Waals surface area contributed by atoms with E-state index in [0.29, 0.717) is 0 Å². The van der Waals surface area contributed by atoms with Crippen LogP contribution in [0.2, 0.25) is 0 Å². The van der Waals surface area contributed by atoms with Crippen LogP contribution in [0.1, 0.15) is 12.8 Å². The van der Waals surface area contributed by atoms with Crippen molar-refractivity contribution in [3.05, 3.63) is 0 Å². The Morgan fingerprint density at radius 1 is 1.57 bits per heavy atom. The smallest absolute Gasteiger partial charge is 0.0244 e. The van der Waals surface area contributed by atoms with Crippen LogP contribution in [-0.2, 0) is 0 Å². The van der Waals surface area contributed by atoms with Crippen molar-refractivity contribution < 1.29 is 0 Å². The molecule has 3 heteroatoms. The lowest BCUT2D eigenvalue weighted by atomic mass is 10.4. The first-order chi connectivity index (χ1) is 2.77. The van der Waals surface area contributed by atoms with Crippen LogP contribution in [0, 0.1) is 0 Å². The third kappa shape index (κ3) is 1.89. The van der Waals surface area contributed by atoms with Crippen molar-refractivity contribution >= 4 is 25.0 Å². The van der Waals surface area contributed by atoms with E-state index in [-0.39, 0.29) is 17.9 Å². The summed E-state index contributed by atoms with van der Waals surface area (Å²) >= 11 is 4.04. The monoisotopic (exact) mass is 139 g/mol. The Bertz CT molecular complexity index is 62.7. The summed E-state index contributed by atoms with van der Waals surface area (Å²) in [5, 5.41) is 0. The van der Waals surface area contributed by atoms with Gasteiger partial charge in [-0.05, 0) is 12.8 Å². The molecule has 1 aliphatic carbocycles. The molecule has 1 aliphatic rings. The Morgan fingerprint density at radius 3 is 2.00 bits per heavy atom. The van der Waals surface area contributed by atoms with Gasteiger partial charge in [0.05, 0.1) is 0 Å². The highest BCUT2D eigenvalue weighted by Crippen LogP contribution is 2.32. The summed E-state index contributed by atoms with van der Waals surface area (Å²) in [5.74, 6) is 0.854. The molecule has 1 nitrogen and oxygen atoms in total. The first-order valence-corrected chi connectivity index (χ1v) is 2.80. The zero-order valence-electron chi connectivity index (χ0n) is 4.05. The van der Waals surface area contributed by atoms with Crippen molar-refractivity contribution in [1.29, 1.82) is 0 Å². The lowest BCUT2D eigenvalue weighted by molar-refractivity contribution is 0.778. The summed E-state index contributed by atoms with van der Waals surface area (Å²) in [5.41, 5.74) is 5.73. The van der Waals surface area contributed by atoms with Crippen molar-refractivity contribution in [2.45, 2.75) is 18.4 Å². The van der Waals surface area contributed by atoms with Gasteiger partial charge in [0.2, 0.25) is 0 Å². The normalized spacial score (nSPS) is 23.1. The van der Waals surface area contributed by atoms with E-state index in [9.17, 15) is 0 Å². The lowest BCUT2D eigenvalue weighted by Crippen LogP contribution is -2.22. The van der Waals surface area contributed by atoms with Gasteiger partial charge in [-0.3, -0.25) is 0 Å². The summed E-state index contributed by atoms with van der Waals surface area (Å²) in [4.78, 5) is 0. The molecule has 0 radical (unpaired) electrons. The van der Waals surface area contributed by atoms with Crippen molar-refractivity contribution in [3.8, 4) is 0 Å². The number of thiol groups is 1. The van der Waals surface area contributed by atoms with Gasteiger partial charge in [0, 0.05) is 11.3 Å². The topological polar surface area (TPSA) is 26.0 Å². The molecule has 0 aliphatic heterocycles. The molecule has 1 fully saturated rings. The maximum atomic E-state index is 5.57. The number of hydrogen-bond acceptors (Lipinski definition) is 2. The van der Waals surface area contributed by atoms with Crippen molar-refractivity contribution in [1.82, 2.24) is 0 Å². The highest BCUT2D eigenvalue weighted by atomic mass is 35.5. The van der Waals surface area contributed by atoms with Crippen LogP contribution < -0.4 is 5.73 Å². The zero-order valence-corrected chi connectivity index (χ0v) is 5.77. The summed E-state index contributed by atoms with van der Waals surface area (Å²) < 4.78 is 0. The number of hydrogen-bond donors (Lipinski definition) is 2. The summed E-state index contributed by atoms with van der Waals surface area (Å²) in [7, 11) is 0. The van der Waals surface area contributed by atoms with Gasteiger partial charge in [-0.15, -0.1) is 12.4 Å². The van der Waals surface area contributed by atoms with Crippen LogP contribution >= 0.6 is 25.0 Å². The van der Waals surface area contributed by atoms with Crippen molar-refractivity contribution in [2.75, 3.05) is 5.75 Å². The molecule has 44 valence electrons. The Labute approximate surface area is 55.5 Å². The fraction of sp³-hybridized carbons (Fsp3) is 1.00. The fourth-order valence-corrected chi connectivity index (χ4v) is 0.635. The molecular formula is C4H10ClNS. The molecule has 1 rings (SSSR count). The Kier molecular flexibility index (Phi) is 2.44. The predicted octanol–water partition coefficient (Wildman–Crippen LogP) is 0.829. The number of halogens is 1. The Hall–Kier alpha value is 0.600. The molecule has 0 aromatic rings. The minimum Gasteiger partial charge on any atom is -0.324 e. The second-order valence-electron chi connectivity index (χ2n) is 2.02. The van der Waals surface area contributed by atoms with Gasteiger partial charge in [0.15, 0.2) is 0 Å². The van der Waals surface area contributed by atoms with E-state index >= 15 is 0 Å². The van der Waals surface area contributed by atoms with Gasteiger partial charge in [-0.2, -0.15) is 12.6 Å². The second-order valence-corrected chi connectivity index (χ2v) is 2.34. The molecule has 7 heavy (non-hydrogen) atoms. The summed E-state index contributed by atoms with van der Waals surface area (Å²) in [6.45, 7) is 0. The first-order valence-electron chi connectivity index (χ1n) is 2.17. The molecule has 1 saturated carbocycles. The molecule has 0 spiro atoms. The molecule has 2 N–H and O–H groups in total. The average molecular weight is 140 g/mol. The van der Waals surface area contributed by atoms with E-state index in [1.54, 1.807) is 0 Å². The van der Waals surface area contributed by atoms with Gasteiger partial charge in [0.1, 0.15) is 0 Å². The highest BCUT2D eigenvalue weighted by molar-refractivity contribution is 7.80. The minimum atomic E-state index is 0. The lowest BCUT2D eigenvalue weighted by Gasteiger charge is -1.97. The predicted molar refractivity (Wildman–Crippen MR) is 37.3 cm³/mol. The molecule has 0 aromatic heterocycles. The van der Waals surface area contributed by atoms with Gasteiger partial charge in [-0.1, -0.05) is 0 Å². The van der Waals surface area contributed by atoms with E-state index in [2.05, 4.69) is 12.6 Å². The number of nitrogens with two attached hydrogens (primary N) is 1. The van der Waals surface area contributed by atoms with Gasteiger partial charge >= 0.3 is 0 Å². The standard InChI is InChI=1S/C4H9NS.ClH/c5-4(3-6)1-2-4;/h6H,1-3,5H2;1H. The molecule has 0 aromatic carbocycles. The first kappa shape index (κ1) is 7.60. The van der Waals surface area contributed by atoms with E-state index in [4.69, 9.17) is 5.73 Å². The maximum Gasteiger partial charge on any atom is 0.0244 e. The van der Waals surface area contributed by atoms with E-state index in [1.165, 1.54) is 12.8 Å². The summed E-state index contributed by atoms with van der Waals surface area (Å²) in [6, 6.07) is 0. The molecule has 0 bridgehead atoms. The third-order valence-electron chi connectivity index (χ3n) is 1.21. The van der Waals surface area contributed by atoms with Gasteiger partial charge in [0.25, 0.3) is 0 Å². The van der Waals surface area contributed by atoms with E-state index < -0.39 is 0 Å². The van der Waals surface area contributed by atoms with E-state index in [0.717, 1.165) is 5.75 Å². The van der Waals surface area contributed by atoms with Crippen LogP contribution in [0.3, 0.4) is 0 Å². The van der Waals surface area contributed by atoms with Crippen LogP contribution in [0.5, 0.6) is 0 Å². The molecule has 0 atom stereocenters. The second kappa shape index (κ2) is 2.25. The van der Waals surface area contributed by atoms with Crippen LogP contribution in [0.15, 0.2) is 0 Å². The summed E-state index contributed by atoms with van der Waals surface area (Å²) in [6.07, 6.45) is 2.35. The van der Waals surface area contributed by atoms with Gasteiger partial charge in [-0.25, -0.2) is 0 Å². The minimum absolute atomic E-state index is 0. The third-order valence-corrected chi connectivity index (χ3v) is 1.84. The number of rotatable bonds is 1. The Balaban J connectivity index is 0.000000360. The molecule has 0 unspecified atom stereocenters. The SMILES string of the molecule is Cl.NC1(CS)CC1. The van der Waals surface area contributed by atoms with Crippen molar-refractivity contribution in [3.63, 3.8) is 0 Å². The van der Waals surface area contributed by atoms with Crippen LogP contribution in [-0.4, -0.2) is 11.3 Å². The van der Waals surface area contributed by atoms with Gasteiger partial charge < -0.3 is 5.73 Å². The molecule has 0 amide bonds. The molecule has 0 heterocycles. The quantitative estimate of drug-likeness (QED) is 0.518. The highest BCUT2D eigenvalue weighted by Gasteiger charge is 2.36. The zero-order chi connectivity index (χ0) is 4.62. The molecular weight excluding hydrogens is 130 g/mol. The average Bonchev–Trinajstić information content (AvgIpc) is 2.22. The maximum absolute atomic E-state index is 5.57. The van der Waals surface area contributed by atoms with Crippen LogP contribution in [0.4, 0.5) is 0 Å². The Morgan fingerprint density at radius 2 is 2.00 bits per heavy atom. The largest absolute Gasteiger partial charge is 0.324 e. The van der Waals surface area contributed by atoms with Crippen LogP contribution in [0.25, 0.3) is 0 Å². The van der Waals surface area contributed by atoms with E-state index in [1.807, 2.05) is 0 Å².